The van der Waals surface area contributed by atoms with Crippen LogP contribution in [0, 0.1) is 5.92 Å². The fourth-order valence-corrected chi connectivity index (χ4v) is 1.84. The number of aliphatic hydroxyl groups excluding tert-OH is 2. The summed E-state index contributed by atoms with van der Waals surface area (Å²) in [5.41, 5.74) is -0.863. The van der Waals surface area contributed by atoms with Crippen molar-refractivity contribution in [3.63, 3.8) is 0 Å². The van der Waals surface area contributed by atoms with Crippen LogP contribution in [0.4, 0.5) is 0 Å². The lowest BCUT2D eigenvalue weighted by molar-refractivity contribution is -0.128. The summed E-state index contributed by atoms with van der Waals surface area (Å²) < 4.78 is 0. The van der Waals surface area contributed by atoms with Crippen LogP contribution in [-0.2, 0) is 4.79 Å². The summed E-state index contributed by atoms with van der Waals surface area (Å²) in [6.45, 7) is 1.39. The molecular weight excluding hydrogens is 206 g/mol. The Bertz CT molecular complexity index is 251. The van der Waals surface area contributed by atoms with Gasteiger partial charge in [0.2, 0.25) is 5.91 Å². The van der Waals surface area contributed by atoms with Gasteiger partial charge >= 0.3 is 0 Å². The van der Waals surface area contributed by atoms with Gasteiger partial charge in [-0.05, 0) is 25.7 Å². The van der Waals surface area contributed by atoms with E-state index in [1.165, 1.54) is 0 Å². The van der Waals surface area contributed by atoms with Crippen LogP contribution in [0.5, 0.6) is 0 Å². The average molecular weight is 227 g/mol. The van der Waals surface area contributed by atoms with Crippen molar-refractivity contribution in [3.05, 3.63) is 12.2 Å². The zero-order valence-corrected chi connectivity index (χ0v) is 9.78. The van der Waals surface area contributed by atoms with Crippen molar-refractivity contribution >= 4 is 5.91 Å². The number of hydrogen-bond donors (Lipinski definition) is 3. The second-order valence-corrected chi connectivity index (χ2v) is 4.42. The Morgan fingerprint density at radius 3 is 2.56 bits per heavy atom. The predicted octanol–water partition coefficient (Wildman–Crippen LogP) is 0.592. The Morgan fingerprint density at radius 1 is 1.44 bits per heavy atom. The van der Waals surface area contributed by atoms with Crippen LogP contribution >= 0.6 is 0 Å². The second kappa shape index (κ2) is 6.01. The van der Waals surface area contributed by atoms with Crippen molar-refractivity contribution in [2.75, 3.05) is 13.2 Å². The van der Waals surface area contributed by atoms with Crippen molar-refractivity contribution < 1.29 is 15.0 Å². The molecule has 1 atom stereocenters. The molecule has 1 rings (SSSR count). The van der Waals surface area contributed by atoms with Crippen LogP contribution < -0.4 is 5.32 Å². The van der Waals surface area contributed by atoms with Gasteiger partial charge in [-0.25, -0.2) is 0 Å². The lowest BCUT2D eigenvalue weighted by Gasteiger charge is -2.32. The molecule has 4 nitrogen and oxygen atoms in total. The van der Waals surface area contributed by atoms with Gasteiger partial charge in [0.25, 0.3) is 0 Å². The van der Waals surface area contributed by atoms with Gasteiger partial charge in [0, 0.05) is 5.92 Å². The van der Waals surface area contributed by atoms with Crippen molar-refractivity contribution in [3.8, 4) is 0 Å². The highest BCUT2D eigenvalue weighted by atomic mass is 16.3. The molecule has 1 amide bonds. The number of allylic oxidation sites excluding steroid dienone is 2. The number of amides is 1. The van der Waals surface area contributed by atoms with E-state index in [0.717, 1.165) is 19.3 Å². The minimum atomic E-state index is -0.863. The van der Waals surface area contributed by atoms with E-state index in [4.69, 9.17) is 0 Å². The van der Waals surface area contributed by atoms with Crippen molar-refractivity contribution in [2.24, 2.45) is 5.92 Å². The number of rotatable bonds is 5. The molecule has 0 saturated carbocycles. The van der Waals surface area contributed by atoms with Gasteiger partial charge in [0.1, 0.15) is 0 Å². The van der Waals surface area contributed by atoms with Gasteiger partial charge in [-0.2, -0.15) is 0 Å². The van der Waals surface area contributed by atoms with Crippen LogP contribution in [0.2, 0.25) is 0 Å². The largest absolute Gasteiger partial charge is 0.394 e. The number of hydrogen-bond acceptors (Lipinski definition) is 3. The average Bonchev–Trinajstić information content (AvgIpc) is 2.37. The van der Waals surface area contributed by atoms with Crippen LogP contribution in [0.3, 0.4) is 0 Å². The molecule has 1 aliphatic carbocycles. The molecule has 0 aromatic carbocycles. The van der Waals surface area contributed by atoms with Gasteiger partial charge in [-0.1, -0.05) is 19.1 Å². The Hall–Kier alpha value is -0.870. The topological polar surface area (TPSA) is 69.6 Å². The molecule has 0 spiro atoms. The van der Waals surface area contributed by atoms with E-state index in [1.54, 1.807) is 0 Å². The summed E-state index contributed by atoms with van der Waals surface area (Å²) in [6.07, 6.45) is 7.14. The quantitative estimate of drug-likeness (QED) is 0.602. The van der Waals surface area contributed by atoms with E-state index in [9.17, 15) is 15.0 Å². The maximum absolute atomic E-state index is 11.9. The molecule has 0 saturated heterocycles. The highest BCUT2D eigenvalue weighted by molar-refractivity contribution is 5.79. The van der Waals surface area contributed by atoms with Crippen molar-refractivity contribution in [1.82, 2.24) is 5.32 Å². The molecule has 3 N–H and O–H groups in total. The first-order valence-electron chi connectivity index (χ1n) is 5.86. The Morgan fingerprint density at radius 2 is 2.12 bits per heavy atom. The maximum Gasteiger partial charge on any atom is 0.224 e. The van der Waals surface area contributed by atoms with Gasteiger partial charge in [0.15, 0.2) is 0 Å². The minimum absolute atomic E-state index is 0.0194. The highest BCUT2D eigenvalue weighted by Crippen LogP contribution is 2.20. The van der Waals surface area contributed by atoms with Crippen LogP contribution in [0.25, 0.3) is 0 Å². The Labute approximate surface area is 96.4 Å². The maximum atomic E-state index is 11.9. The third-order valence-corrected chi connectivity index (χ3v) is 3.31. The molecule has 0 radical (unpaired) electrons. The van der Waals surface area contributed by atoms with Crippen LogP contribution in [0.1, 0.15) is 32.6 Å². The fourth-order valence-electron chi connectivity index (χ4n) is 1.84. The molecule has 0 bridgehead atoms. The van der Waals surface area contributed by atoms with Crippen molar-refractivity contribution in [1.29, 1.82) is 0 Å². The second-order valence-electron chi connectivity index (χ2n) is 4.42. The summed E-state index contributed by atoms with van der Waals surface area (Å²) in [5, 5.41) is 21.2. The van der Waals surface area contributed by atoms with Gasteiger partial charge in [-0.3, -0.25) is 4.79 Å². The summed E-state index contributed by atoms with van der Waals surface area (Å²) in [7, 11) is 0. The summed E-state index contributed by atoms with van der Waals surface area (Å²) in [4.78, 5) is 11.9. The lowest BCUT2D eigenvalue weighted by Crippen LogP contribution is -2.55. The van der Waals surface area contributed by atoms with E-state index in [-0.39, 0.29) is 25.0 Å². The predicted molar refractivity (Wildman–Crippen MR) is 61.8 cm³/mol. The molecule has 0 aromatic heterocycles. The molecule has 92 valence electrons. The fraction of sp³-hybridized carbons (Fsp3) is 0.750. The first-order valence-corrected chi connectivity index (χ1v) is 5.86. The van der Waals surface area contributed by atoms with E-state index < -0.39 is 5.54 Å². The molecule has 0 aliphatic heterocycles. The van der Waals surface area contributed by atoms with Gasteiger partial charge in [0.05, 0.1) is 18.8 Å². The summed E-state index contributed by atoms with van der Waals surface area (Å²) in [5.74, 6) is -0.0803. The molecule has 0 aromatic rings. The standard InChI is InChI=1S/C12H21NO3/c1-2-12(8-14,9-15)13-11(16)10-6-4-3-5-7-10/h3-4,10,14-15H,2,5-9H2,1H3,(H,13,16). The first kappa shape index (κ1) is 13.2. The smallest absolute Gasteiger partial charge is 0.224 e. The number of carbonyl (C=O) groups excluding carboxylic acids is 1. The van der Waals surface area contributed by atoms with Crippen molar-refractivity contribution in [2.45, 2.75) is 38.1 Å². The van der Waals surface area contributed by atoms with Crippen LogP contribution in [-0.4, -0.2) is 34.9 Å². The van der Waals surface area contributed by atoms with E-state index in [0.29, 0.717) is 6.42 Å². The van der Waals surface area contributed by atoms with E-state index in [1.807, 2.05) is 13.0 Å². The molecule has 16 heavy (non-hydrogen) atoms. The lowest BCUT2D eigenvalue weighted by atomic mass is 9.91. The van der Waals surface area contributed by atoms with Gasteiger partial charge in [-0.15, -0.1) is 0 Å². The first-order chi connectivity index (χ1) is 7.67. The Balaban J connectivity index is 2.57. The molecular formula is C12H21NO3. The number of carbonyl (C=O) groups is 1. The zero-order valence-electron chi connectivity index (χ0n) is 9.78. The minimum Gasteiger partial charge on any atom is -0.394 e. The highest BCUT2D eigenvalue weighted by Gasteiger charge is 2.31. The monoisotopic (exact) mass is 227 g/mol. The molecule has 4 heteroatoms. The number of aliphatic hydroxyl groups is 2. The Kier molecular flexibility index (Phi) is 4.96. The third kappa shape index (κ3) is 3.06. The SMILES string of the molecule is CCC(CO)(CO)NC(=O)C1CC=CCC1. The van der Waals surface area contributed by atoms with Gasteiger partial charge < -0.3 is 15.5 Å². The molecule has 0 heterocycles. The molecule has 1 aliphatic rings. The zero-order chi connectivity index (χ0) is 12.0. The number of nitrogens with one attached hydrogen (secondary N) is 1. The normalized spacial score (nSPS) is 20.8. The molecule has 0 fully saturated rings. The third-order valence-electron chi connectivity index (χ3n) is 3.31. The van der Waals surface area contributed by atoms with E-state index >= 15 is 0 Å². The molecule has 1 unspecified atom stereocenters. The summed E-state index contributed by atoms with van der Waals surface area (Å²) in [6, 6.07) is 0. The summed E-state index contributed by atoms with van der Waals surface area (Å²) >= 11 is 0. The van der Waals surface area contributed by atoms with Crippen LogP contribution in [0.15, 0.2) is 12.2 Å². The van der Waals surface area contributed by atoms with E-state index in [2.05, 4.69) is 11.4 Å².